The molecule has 0 unspecified atom stereocenters. The number of methoxy groups -OCH3 is 1. The Hall–Kier alpha value is -3.07. The van der Waals surface area contributed by atoms with Crippen LogP contribution in [0.2, 0.25) is 0 Å². The molecule has 0 spiro atoms. The molecule has 1 aliphatic rings. The van der Waals surface area contributed by atoms with Crippen LogP contribution in [0.4, 0.5) is 0 Å². The molecule has 14 heteroatoms. The Labute approximate surface area is 386 Å². The number of unbranched alkanes of at least 4 members (excludes halogenated alkanes) is 23. The molecule has 372 valence electrons. The summed E-state index contributed by atoms with van der Waals surface area (Å²) in [5.41, 5.74) is 0. The van der Waals surface area contributed by atoms with Crippen LogP contribution in [-0.2, 0) is 61.9 Å². The van der Waals surface area contributed by atoms with E-state index in [2.05, 4.69) is 19.2 Å². The van der Waals surface area contributed by atoms with Gasteiger partial charge in [-0.2, -0.15) is 0 Å². The molecule has 1 aliphatic heterocycles. The van der Waals surface area contributed by atoms with Crippen LogP contribution < -0.4 is 5.32 Å². The highest BCUT2D eigenvalue weighted by Gasteiger charge is 2.53. The van der Waals surface area contributed by atoms with E-state index >= 15 is 0 Å². The molecule has 14 nitrogen and oxygen atoms in total. The van der Waals surface area contributed by atoms with Crippen LogP contribution in [0.15, 0.2) is 12.2 Å². The van der Waals surface area contributed by atoms with Crippen molar-refractivity contribution >= 4 is 29.8 Å². The van der Waals surface area contributed by atoms with Crippen LogP contribution in [0.1, 0.15) is 208 Å². The minimum Gasteiger partial charge on any atom is -0.463 e. The summed E-state index contributed by atoms with van der Waals surface area (Å²) in [6, 6.07) is -0.759. The number of allylic oxidation sites excluding steroid dienone is 1. The summed E-state index contributed by atoms with van der Waals surface area (Å²) < 4.78 is 45.8. The first-order chi connectivity index (χ1) is 30.9. The first-order valence-corrected chi connectivity index (χ1v) is 24.9. The summed E-state index contributed by atoms with van der Waals surface area (Å²) in [6.45, 7) is 8.53. The zero-order valence-corrected chi connectivity index (χ0v) is 41.0. The lowest BCUT2D eigenvalue weighted by Crippen LogP contribution is -2.63. The second-order valence-corrected chi connectivity index (χ2v) is 17.4. The molecule has 0 saturated carbocycles. The number of nitrogens with one attached hydrogen (secondary N) is 1. The normalized spacial score (nSPS) is 19.5. The molecule has 7 atom stereocenters. The van der Waals surface area contributed by atoms with Crippen molar-refractivity contribution < 1.29 is 61.9 Å². The van der Waals surface area contributed by atoms with Crippen molar-refractivity contribution in [3.05, 3.63) is 12.2 Å². The van der Waals surface area contributed by atoms with Crippen LogP contribution in [0, 0.1) is 0 Å². The van der Waals surface area contributed by atoms with Gasteiger partial charge in [0, 0.05) is 41.2 Å². The number of carbonyl (C=O) groups is 5. The van der Waals surface area contributed by atoms with E-state index in [-0.39, 0.29) is 19.3 Å². The van der Waals surface area contributed by atoms with Crippen molar-refractivity contribution in [3.63, 3.8) is 0 Å². The molecule has 0 aromatic heterocycles. The van der Waals surface area contributed by atoms with Crippen molar-refractivity contribution in [2.45, 2.75) is 251 Å². The Morgan fingerprint density at radius 1 is 0.578 bits per heavy atom. The fourth-order valence-corrected chi connectivity index (χ4v) is 7.93. The zero-order valence-electron chi connectivity index (χ0n) is 41.0. The van der Waals surface area contributed by atoms with Crippen LogP contribution in [-0.4, -0.2) is 99.8 Å². The van der Waals surface area contributed by atoms with Gasteiger partial charge < -0.3 is 43.2 Å². The Balaban J connectivity index is 3.12. The third-order valence-corrected chi connectivity index (χ3v) is 11.3. The average Bonchev–Trinajstić information content (AvgIpc) is 3.24. The maximum atomic E-state index is 13.6. The third kappa shape index (κ3) is 30.2. The third-order valence-electron chi connectivity index (χ3n) is 11.3. The van der Waals surface area contributed by atoms with Gasteiger partial charge >= 0.3 is 23.9 Å². The smallest absolute Gasteiger partial charge is 0.303 e. The molecule has 0 aromatic rings. The molecular weight excluding hydrogens is 823 g/mol. The molecule has 0 radical (unpaired) electrons. The van der Waals surface area contributed by atoms with E-state index in [1.165, 1.54) is 137 Å². The van der Waals surface area contributed by atoms with Gasteiger partial charge in [-0.05, 0) is 19.3 Å². The predicted octanol–water partition coefficient (Wildman–Crippen LogP) is 10.3. The number of ether oxygens (including phenoxy) is 8. The van der Waals surface area contributed by atoms with Gasteiger partial charge in [-0.15, -0.1) is 0 Å². The Morgan fingerprint density at radius 2 is 1.03 bits per heavy atom. The molecule has 1 rings (SSSR count). The van der Waals surface area contributed by atoms with Gasteiger partial charge in [0.2, 0.25) is 5.91 Å². The molecule has 0 bridgehead atoms. The Morgan fingerprint density at radius 3 is 1.50 bits per heavy atom. The van der Waals surface area contributed by atoms with E-state index in [4.69, 9.17) is 37.9 Å². The number of hydrogen-bond acceptors (Lipinski definition) is 13. The van der Waals surface area contributed by atoms with Gasteiger partial charge in [-0.25, -0.2) is 0 Å². The van der Waals surface area contributed by atoms with Gasteiger partial charge in [-0.3, -0.25) is 24.0 Å². The second kappa shape index (κ2) is 39.1. The highest BCUT2D eigenvalue weighted by Crippen LogP contribution is 2.30. The van der Waals surface area contributed by atoms with Crippen molar-refractivity contribution in [1.29, 1.82) is 0 Å². The van der Waals surface area contributed by atoms with Gasteiger partial charge in [0.15, 0.2) is 24.6 Å². The van der Waals surface area contributed by atoms with Gasteiger partial charge in [0.1, 0.15) is 25.6 Å². The summed E-state index contributed by atoms with van der Waals surface area (Å²) >= 11 is 0. The van der Waals surface area contributed by atoms with Gasteiger partial charge in [0.25, 0.3) is 0 Å². The fourth-order valence-electron chi connectivity index (χ4n) is 7.93. The number of hydrogen-bond donors (Lipinski definition) is 1. The van der Waals surface area contributed by atoms with Crippen molar-refractivity contribution in [2.24, 2.45) is 0 Å². The van der Waals surface area contributed by atoms with Gasteiger partial charge in [0.05, 0.1) is 12.6 Å². The summed E-state index contributed by atoms with van der Waals surface area (Å²) in [7, 11) is 1.52. The molecule has 64 heavy (non-hydrogen) atoms. The van der Waals surface area contributed by atoms with Crippen LogP contribution in [0.3, 0.4) is 0 Å². The lowest BCUT2D eigenvalue weighted by atomic mass is 9.98. The van der Waals surface area contributed by atoms with E-state index < -0.39 is 73.3 Å². The topological polar surface area (TPSA) is 171 Å². The summed E-state index contributed by atoms with van der Waals surface area (Å²) in [5.74, 6) is -3.03. The maximum absolute atomic E-state index is 13.6. The lowest BCUT2D eigenvalue weighted by Gasteiger charge is -2.44. The summed E-state index contributed by atoms with van der Waals surface area (Å²) in [6.07, 6.45) is 27.0. The van der Waals surface area contributed by atoms with E-state index in [1.54, 1.807) is 0 Å². The molecule has 1 N–H and O–H groups in total. The van der Waals surface area contributed by atoms with E-state index in [0.29, 0.717) is 6.42 Å². The lowest BCUT2D eigenvalue weighted by molar-refractivity contribution is -0.309. The number of amides is 1. The molecule has 0 aromatic carbocycles. The van der Waals surface area contributed by atoms with E-state index in [9.17, 15) is 24.0 Å². The molecule has 1 amide bonds. The first-order valence-electron chi connectivity index (χ1n) is 24.9. The first kappa shape index (κ1) is 58.9. The summed E-state index contributed by atoms with van der Waals surface area (Å²) in [4.78, 5) is 62.5. The second-order valence-electron chi connectivity index (χ2n) is 17.4. The predicted molar refractivity (Wildman–Crippen MR) is 247 cm³/mol. The van der Waals surface area contributed by atoms with Crippen molar-refractivity contribution in [2.75, 3.05) is 27.1 Å². The molecular formula is C50H89NO13. The zero-order chi connectivity index (χ0) is 47.2. The largest absolute Gasteiger partial charge is 0.463 e. The van der Waals surface area contributed by atoms with Gasteiger partial charge in [-0.1, -0.05) is 167 Å². The minimum absolute atomic E-state index is 0.0578. The Bertz CT molecular complexity index is 1260. The molecule has 1 heterocycles. The van der Waals surface area contributed by atoms with E-state index in [1.807, 2.05) is 12.2 Å². The maximum Gasteiger partial charge on any atom is 0.303 e. The quantitative estimate of drug-likeness (QED) is 0.0203. The number of rotatable bonds is 40. The highest BCUT2D eigenvalue weighted by molar-refractivity contribution is 5.76. The Kier molecular flexibility index (Phi) is 36.0. The fraction of sp³-hybridized carbons (Fsp3) is 0.860. The number of carbonyl (C=O) groups excluding carboxylic acids is 5. The van der Waals surface area contributed by atoms with Crippen molar-refractivity contribution in [3.8, 4) is 0 Å². The summed E-state index contributed by atoms with van der Waals surface area (Å²) in [5, 5.41) is 3.11. The minimum atomic E-state index is -1.41. The van der Waals surface area contributed by atoms with Crippen LogP contribution in [0.25, 0.3) is 0 Å². The van der Waals surface area contributed by atoms with Crippen LogP contribution in [0.5, 0.6) is 0 Å². The SMILES string of the molecule is CCCCCCCCCCCCC/C=C/[C@H](OCOC)[C@@H](CO[C@@H]1O[C@H](COC(C)=O)[C@@H](OC(C)=O)[C@H](OC(C)=O)[C@H]1OC(C)=O)NC(=O)CCCCCCCCCCCCCCC. The molecule has 0 aliphatic carbocycles. The standard InChI is InChI=1S/C50H89NO13/c1-8-10-12-14-16-18-20-22-24-26-28-30-32-34-44(60-38-57-7)43(51-46(56)35-33-31-29-27-25-23-21-19-17-15-13-11-9-2)36-59-50-49(63-42(6)55)48(62-41(5)54)47(61-40(4)53)45(64-50)37-58-39(3)52/h32,34,43-45,47-50H,8-31,33,35-38H2,1-7H3,(H,51,56)/b34-32+/t43-,44+,45-,47-,48+,49-,50-/m1/s1. The number of esters is 4. The van der Waals surface area contributed by atoms with Crippen molar-refractivity contribution in [1.82, 2.24) is 5.32 Å². The monoisotopic (exact) mass is 912 g/mol. The average molecular weight is 912 g/mol. The molecule has 1 fully saturated rings. The van der Waals surface area contributed by atoms with E-state index in [0.717, 1.165) is 58.8 Å². The molecule has 1 saturated heterocycles. The highest BCUT2D eigenvalue weighted by atomic mass is 16.7. The van der Waals surface area contributed by atoms with Crippen LogP contribution >= 0.6 is 0 Å².